The average molecular weight is 470 g/mol. The molecule has 0 aliphatic carbocycles. The standard InChI is InChI=1S/C22H32ClN3O4S/c23-20-8-7-18(16-21(20)31(28,29)26-9-3-1-2-4-10-26)22(27)25-13-11-24(12-14-25)17-19-6-5-15-30-19/h7-8,16,19H,1-6,9-15,17H2/t19-/m1/s1. The molecule has 31 heavy (non-hydrogen) atoms. The summed E-state index contributed by atoms with van der Waals surface area (Å²) in [7, 11) is -3.72. The molecule has 0 saturated carbocycles. The Kier molecular flexibility index (Phi) is 7.54. The first-order valence-corrected chi connectivity index (χ1v) is 13.2. The molecule has 0 spiro atoms. The van der Waals surface area contributed by atoms with Gasteiger partial charge in [0.1, 0.15) is 4.90 Å². The van der Waals surface area contributed by atoms with Crippen LogP contribution in [0.1, 0.15) is 48.9 Å². The Balaban J connectivity index is 1.43. The van der Waals surface area contributed by atoms with Crippen molar-refractivity contribution in [2.45, 2.75) is 49.5 Å². The Morgan fingerprint density at radius 2 is 1.71 bits per heavy atom. The van der Waals surface area contributed by atoms with Gasteiger partial charge in [-0.3, -0.25) is 9.69 Å². The van der Waals surface area contributed by atoms with Crippen molar-refractivity contribution < 1.29 is 17.9 Å². The number of ether oxygens (including phenoxy) is 1. The second kappa shape index (κ2) is 10.2. The van der Waals surface area contributed by atoms with E-state index in [0.29, 0.717) is 37.8 Å². The van der Waals surface area contributed by atoms with Crippen LogP contribution in [0.25, 0.3) is 0 Å². The Bertz CT molecular complexity index is 873. The predicted octanol–water partition coefficient (Wildman–Crippen LogP) is 2.84. The first kappa shape index (κ1) is 23.0. The lowest BCUT2D eigenvalue weighted by atomic mass is 10.1. The largest absolute Gasteiger partial charge is 0.377 e. The second-order valence-electron chi connectivity index (χ2n) is 8.69. The van der Waals surface area contributed by atoms with Gasteiger partial charge in [-0.1, -0.05) is 24.4 Å². The zero-order valence-electron chi connectivity index (χ0n) is 18.0. The first-order chi connectivity index (χ1) is 14.9. The highest BCUT2D eigenvalue weighted by molar-refractivity contribution is 7.89. The van der Waals surface area contributed by atoms with Gasteiger partial charge in [0.25, 0.3) is 5.91 Å². The van der Waals surface area contributed by atoms with E-state index in [9.17, 15) is 13.2 Å². The van der Waals surface area contributed by atoms with Crippen molar-refractivity contribution in [1.29, 1.82) is 0 Å². The summed E-state index contributed by atoms with van der Waals surface area (Å²) in [6, 6.07) is 4.63. The molecule has 1 atom stereocenters. The van der Waals surface area contributed by atoms with E-state index in [0.717, 1.165) is 64.8 Å². The number of hydrogen-bond donors (Lipinski definition) is 0. The van der Waals surface area contributed by atoms with Gasteiger partial charge >= 0.3 is 0 Å². The van der Waals surface area contributed by atoms with Gasteiger partial charge in [0.05, 0.1) is 11.1 Å². The van der Waals surface area contributed by atoms with Crippen LogP contribution in [-0.4, -0.2) is 87.0 Å². The SMILES string of the molecule is O=C(c1ccc(Cl)c(S(=O)(=O)N2CCCCCC2)c1)N1CCN(C[C@H]2CCCO2)CC1. The average Bonchev–Trinajstić information content (AvgIpc) is 3.12. The number of benzene rings is 1. The molecular formula is C22H32ClN3O4S. The maximum Gasteiger partial charge on any atom is 0.253 e. The van der Waals surface area contributed by atoms with Gasteiger partial charge in [0.15, 0.2) is 0 Å². The molecule has 3 fully saturated rings. The molecular weight excluding hydrogens is 438 g/mol. The number of rotatable bonds is 5. The van der Waals surface area contributed by atoms with Gasteiger partial charge in [-0.15, -0.1) is 0 Å². The Hall–Kier alpha value is -1.19. The van der Waals surface area contributed by atoms with Crippen molar-refractivity contribution in [3.05, 3.63) is 28.8 Å². The molecule has 0 unspecified atom stereocenters. The number of hydrogen-bond acceptors (Lipinski definition) is 5. The van der Waals surface area contributed by atoms with Gasteiger partial charge in [0, 0.05) is 58.0 Å². The van der Waals surface area contributed by atoms with Crippen LogP contribution in [0, 0.1) is 0 Å². The van der Waals surface area contributed by atoms with Crippen molar-refractivity contribution in [3.8, 4) is 0 Å². The summed E-state index contributed by atoms with van der Waals surface area (Å²) in [5.74, 6) is -0.138. The minimum absolute atomic E-state index is 0.0407. The van der Waals surface area contributed by atoms with E-state index in [2.05, 4.69) is 4.90 Å². The van der Waals surface area contributed by atoms with Gasteiger partial charge in [-0.05, 0) is 43.9 Å². The Morgan fingerprint density at radius 1 is 1.00 bits per heavy atom. The third-order valence-corrected chi connectivity index (χ3v) is 8.89. The molecule has 1 aromatic rings. The van der Waals surface area contributed by atoms with Crippen LogP contribution in [0.15, 0.2) is 23.1 Å². The molecule has 172 valence electrons. The van der Waals surface area contributed by atoms with Gasteiger partial charge in [0.2, 0.25) is 10.0 Å². The van der Waals surface area contributed by atoms with Crippen LogP contribution in [0.5, 0.6) is 0 Å². The Morgan fingerprint density at radius 3 is 2.35 bits per heavy atom. The molecule has 7 nitrogen and oxygen atoms in total. The topological polar surface area (TPSA) is 70.2 Å². The second-order valence-corrected chi connectivity index (χ2v) is 11.0. The fourth-order valence-corrected chi connectivity index (χ4v) is 6.67. The molecule has 1 aromatic carbocycles. The van der Waals surface area contributed by atoms with Crippen molar-refractivity contribution in [1.82, 2.24) is 14.1 Å². The number of sulfonamides is 1. The van der Waals surface area contributed by atoms with E-state index in [-0.39, 0.29) is 15.8 Å². The molecule has 4 rings (SSSR count). The summed E-state index contributed by atoms with van der Waals surface area (Å²) in [6.45, 7) is 5.64. The van der Waals surface area contributed by atoms with Crippen LogP contribution >= 0.6 is 11.6 Å². The Labute approximate surface area is 190 Å². The zero-order chi connectivity index (χ0) is 21.8. The first-order valence-electron chi connectivity index (χ1n) is 11.4. The van der Waals surface area contributed by atoms with E-state index in [4.69, 9.17) is 16.3 Å². The molecule has 3 aliphatic rings. The van der Waals surface area contributed by atoms with E-state index in [1.807, 2.05) is 0 Å². The summed E-state index contributed by atoms with van der Waals surface area (Å²) in [4.78, 5) is 17.3. The molecule has 1 amide bonds. The van der Waals surface area contributed by atoms with Crippen LogP contribution in [0.2, 0.25) is 5.02 Å². The van der Waals surface area contributed by atoms with Crippen LogP contribution in [0.3, 0.4) is 0 Å². The van der Waals surface area contributed by atoms with Gasteiger partial charge in [-0.25, -0.2) is 8.42 Å². The smallest absolute Gasteiger partial charge is 0.253 e. The summed E-state index contributed by atoms with van der Waals surface area (Å²) >= 11 is 6.28. The number of nitrogens with zero attached hydrogens (tertiary/aromatic N) is 3. The maximum atomic E-state index is 13.2. The van der Waals surface area contributed by atoms with E-state index >= 15 is 0 Å². The quantitative estimate of drug-likeness (QED) is 0.663. The molecule has 9 heteroatoms. The molecule has 0 bridgehead atoms. The molecule has 3 saturated heterocycles. The molecule has 0 radical (unpaired) electrons. The summed E-state index contributed by atoms with van der Waals surface area (Å²) in [6.07, 6.45) is 6.33. The molecule has 3 aliphatic heterocycles. The highest BCUT2D eigenvalue weighted by Gasteiger charge is 2.30. The fraction of sp³-hybridized carbons (Fsp3) is 0.682. The van der Waals surface area contributed by atoms with Crippen LogP contribution < -0.4 is 0 Å². The van der Waals surface area contributed by atoms with Gasteiger partial charge < -0.3 is 9.64 Å². The number of amides is 1. The lowest BCUT2D eigenvalue weighted by molar-refractivity contribution is 0.0432. The van der Waals surface area contributed by atoms with Crippen molar-refractivity contribution >= 4 is 27.5 Å². The lowest BCUT2D eigenvalue weighted by Gasteiger charge is -2.35. The fourth-order valence-electron chi connectivity index (χ4n) is 4.65. The monoisotopic (exact) mass is 469 g/mol. The van der Waals surface area contributed by atoms with Crippen molar-refractivity contribution in [3.63, 3.8) is 0 Å². The number of carbonyl (C=O) groups is 1. The normalized spacial score (nSPS) is 24.3. The van der Waals surface area contributed by atoms with Crippen LogP contribution in [-0.2, 0) is 14.8 Å². The number of piperazine rings is 1. The van der Waals surface area contributed by atoms with Gasteiger partial charge in [-0.2, -0.15) is 4.31 Å². The lowest BCUT2D eigenvalue weighted by Crippen LogP contribution is -2.50. The molecule has 0 N–H and O–H groups in total. The van der Waals surface area contributed by atoms with E-state index in [1.165, 1.54) is 16.4 Å². The van der Waals surface area contributed by atoms with E-state index in [1.54, 1.807) is 11.0 Å². The summed E-state index contributed by atoms with van der Waals surface area (Å²) in [5.41, 5.74) is 0.380. The van der Waals surface area contributed by atoms with E-state index < -0.39 is 10.0 Å². The number of carbonyl (C=O) groups excluding carboxylic acids is 1. The summed E-state index contributed by atoms with van der Waals surface area (Å²) in [5, 5.41) is 0.169. The van der Waals surface area contributed by atoms with Crippen molar-refractivity contribution in [2.75, 3.05) is 52.4 Å². The highest BCUT2D eigenvalue weighted by atomic mass is 35.5. The third kappa shape index (κ3) is 5.42. The minimum Gasteiger partial charge on any atom is -0.377 e. The van der Waals surface area contributed by atoms with Crippen molar-refractivity contribution in [2.24, 2.45) is 0 Å². The summed E-state index contributed by atoms with van der Waals surface area (Å²) < 4.78 is 33.7. The molecule has 0 aromatic heterocycles. The maximum absolute atomic E-state index is 13.2. The predicted molar refractivity (Wildman–Crippen MR) is 120 cm³/mol. The van der Waals surface area contributed by atoms with Crippen LogP contribution in [0.4, 0.5) is 0 Å². The number of halogens is 1. The molecule has 3 heterocycles. The highest BCUT2D eigenvalue weighted by Crippen LogP contribution is 2.28. The minimum atomic E-state index is -3.72. The zero-order valence-corrected chi connectivity index (χ0v) is 19.5. The third-order valence-electron chi connectivity index (χ3n) is 6.51.